The number of rotatable bonds is 5. The van der Waals surface area contributed by atoms with E-state index in [-0.39, 0.29) is 18.2 Å². The van der Waals surface area contributed by atoms with Gasteiger partial charge >= 0.3 is 6.03 Å². The number of carbonyl (C=O) groups is 2. The van der Waals surface area contributed by atoms with Crippen LogP contribution in [0.25, 0.3) is 0 Å². The molecule has 0 radical (unpaired) electrons. The zero-order valence-electron chi connectivity index (χ0n) is 11.6. The van der Waals surface area contributed by atoms with Crippen LogP contribution in [-0.2, 0) is 4.79 Å². The molecule has 0 bridgehead atoms. The molecular weight excluding hydrogens is 311 g/mol. The molecule has 3 N–H and O–H groups in total. The summed E-state index contributed by atoms with van der Waals surface area (Å²) >= 11 is 11.9. The van der Waals surface area contributed by atoms with Crippen LogP contribution in [0.15, 0.2) is 18.2 Å². The number of hydrogen-bond acceptors (Lipinski definition) is 2. The van der Waals surface area contributed by atoms with Crippen LogP contribution in [-0.4, -0.2) is 18.4 Å². The van der Waals surface area contributed by atoms with Crippen molar-refractivity contribution < 1.29 is 9.59 Å². The summed E-state index contributed by atoms with van der Waals surface area (Å²) in [6.07, 6.45) is 3.97. The maximum Gasteiger partial charge on any atom is 0.312 e. The monoisotopic (exact) mass is 328 g/mol. The Balaban J connectivity index is 2.23. The molecule has 0 spiro atoms. The summed E-state index contributed by atoms with van der Waals surface area (Å²) < 4.78 is 0. The first-order chi connectivity index (χ1) is 9.99. The van der Waals surface area contributed by atoms with Gasteiger partial charge in [0.2, 0.25) is 0 Å². The fraction of sp³-hybridized carbons (Fsp3) is 0.467. The first-order valence-corrected chi connectivity index (χ1v) is 7.76. The SMILES string of the molecule is NC(=O)NCC(C(=O)C1CCCC1)c1ccc(Cl)c(Cl)c1. The van der Waals surface area contributed by atoms with Crippen LogP contribution < -0.4 is 11.1 Å². The van der Waals surface area contributed by atoms with Gasteiger partial charge in [-0.05, 0) is 30.5 Å². The van der Waals surface area contributed by atoms with Crippen molar-refractivity contribution >= 4 is 35.0 Å². The van der Waals surface area contributed by atoms with Gasteiger partial charge in [0.25, 0.3) is 0 Å². The Morgan fingerprint density at radius 1 is 1.24 bits per heavy atom. The number of nitrogens with one attached hydrogen (secondary N) is 1. The second-order valence-corrected chi connectivity index (χ2v) is 6.17. The molecule has 6 heteroatoms. The van der Waals surface area contributed by atoms with Gasteiger partial charge in [0.1, 0.15) is 5.78 Å². The zero-order valence-corrected chi connectivity index (χ0v) is 13.1. The highest BCUT2D eigenvalue weighted by atomic mass is 35.5. The van der Waals surface area contributed by atoms with E-state index in [1.54, 1.807) is 18.2 Å². The number of benzene rings is 1. The summed E-state index contributed by atoms with van der Waals surface area (Å²) in [4.78, 5) is 23.6. The minimum absolute atomic E-state index is 0.0548. The van der Waals surface area contributed by atoms with Gasteiger partial charge in [-0.2, -0.15) is 0 Å². The zero-order chi connectivity index (χ0) is 15.4. The Morgan fingerprint density at radius 2 is 1.90 bits per heavy atom. The number of ketones is 1. The molecule has 114 valence electrons. The molecule has 21 heavy (non-hydrogen) atoms. The number of hydrogen-bond donors (Lipinski definition) is 2. The van der Waals surface area contributed by atoms with Crippen molar-refractivity contribution in [2.75, 3.05) is 6.54 Å². The number of carbonyl (C=O) groups excluding carboxylic acids is 2. The molecule has 2 rings (SSSR count). The van der Waals surface area contributed by atoms with Crippen LogP contribution >= 0.6 is 23.2 Å². The summed E-state index contributed by atoms with van der Waals surface area (Å²) in [5.41, 5.74) is 5.88. The van der Waals surface area contributed by atoms with Crippen molar-refractivity contribution in [3.05, 3.63) is 33.8 Å². The van der Waals surface area contributed by atoms with Gasteiger partial charge in [-0.1, -0.05) is 42.1 Å². The van der Waals surface area contributed by atoms with E-state index < -0.39 is 11.9 Å². The molecule has 0 aromatic heterocycles. The van der Waals surface area contributed by atoms with Crippen LogP contribution in [0.3, 0.4) is 0 Å². The largest absolute Gasteiger partial charge is 0.352 e. The highest BCUT2D eigenvalue weighted by Crippen LogP contribution is 2.33. The third-order valence-corrected chi connectivity index (χ3v) is 4.67. The minimum Gasteiger partial charge on any atom is -0.352 e. The molecule has 4 nitrogen and oxygen atoms in total. The third-order valence-electron chi connectivity index (χ3n) is 3.93. The van der Waals surface area contributed by atoms with E-state index in [1.807, 2.05) is 0 Å². The standard InChI is InChI=1S/C15H18Cl2N2O2/c16-12-6-5-10(7-13(12)17)11(8-19-15(18)21)14(20)9-3-1-2-4-9/h5-7,9,11H,1-4,8H2,(H3,18,19,21). The number of nitrogens with two attached hydrogens (primary N) is 1. The van der Waals surface area contributed by atoms with Crippen molar-refractivity contribution in [3.63, 3.8) is 0 Å². The van der Waals surface area contributed by atoms with E-state index in [4.69, 9.17) is 28.9 Å². The molecule has 1 atom stereocenters. The lowest BCUT2D eigenvalue weighted by molar-refractivity contribution is -0.124. The van der Waals surface area contributed by atoms with Gasteiger partial charge in [-0.3, -0.25) is 4.79 Å². The summed E-state index contributed by atoms with van der Waals surface area (Å²) in [6.45, 7) is 0.183. The van der Waals surface area contributed by atoms with Crippen molar-refractivity contribution in [2.24, 2.45) is 11.7 Å². The van der Waals surface area contributed by atoms with Gasteiger partial charge in [0.05, 0.1) is 16.0 Å². The molecule has 1 fully saturated rings. The number of urea groups is 1. The average Bonchev–Trinajstić information content (AvgIpc) is 2.96. The van der Waals surface area contributed by atoms with Gasteiger partial charge in [0, 0.05) is 12.5 Å². The van der Waals surface area contributed by atoms with Crippen molar-refractivity contribution in [3.8, 4) is 0 Å². The molecule has 0 saturated heterocycles. The van der Waals surface area contributed by atoms with Crippen molar-refractivity contribution in [2.45, 2.75) is 31.6 Å². The lowest BCUT2D eigenvalue weighted by atomic mass is 9.86. The van der Waals surface area contributed by atoms with Gasteiger partial charge < -0.3 is 11.1 Å². The van der Waals surface area contributed by atoms with E-state index in [0.717, 1.165) is 31.2 Å². The highest BCUT2D eigenvalue weighted by Gasteiger charge is 2.30. The van der Waals surface area contributed by atoms with Gasteiger partial charge in [-0.15, -0.1) is 0 Å². The Morgan fingerprint density at radius 3 is 2.48 bits per heavy atom. The Labute approximate surface area is 134 Å². The predicted molar refractivity (Wildman–Crippen MR) is 83.8 cm³/mol. The normalized spacial score (nSPS) is 16.7. The summed E-state index contributed by atoms with van der Waals surface area (Å²) in [5.74, 6) is -0.242. The average molecular weight is 329 g/mol. The molecular formula is C15H18Cl2N2O2. The molecule has 1 aliphatic carbocycles. The number of halogens is 2. The van der Waals surface area contributed by atoms with Crippen molar-refractivity contribution in [1.29, 1.82) is 0 Å². The maximum absolute atomic E-state index is 12.7. The molecule has 0 heterocycles. The maximum atomic E-state index is 12.7. The van der Waals surface area contributed by atoms with Crippen LogP contribution in [0.2, 0.25) is 10.0 Å². The molecule has 2 amide bonds. The Hall–Kier alpha value is -1.26. The van der Waals surface area contributed by atoms with Crippen LogP contribution in [0, 0.1) is 5.92 Å². The van der Waals surface area contributed by atoms with Crippen LogP contribution in [0.4, 0.5) is 4.79 Å². The molecule has 1 saturated carbocycles. The Bertz CT molecular complexity index is 542. The number of amides is 2. The molecule has 1 aromatic carbocycles. The van der Waals surface area contributed by atoms with E-state index >= 15 is 0 Å². The fourth-order valence-corrected chi connectivity index (χ4v) is 3.12. The summed E-state index contributed by atoms with van der Waals surface area (Å²) in [6, 6.07) is 4.48. The highest BCUT2D eigenvalue weighted by molar-refractivity contribution is 6.42. The lowest BCUT2D eigenvalue weighted by Crippen LogP contribution is -2.36. The second-order valence-electron chi connectivity index (χ2n) is 5.36. The second kappa shape index (κ2) is 7.14. The van der Waals surface area contributed by atoms with E-state index in [2.05, 4.69) is 5.32 Å². The van der Waals surface area contributed by atoms with Gasteiger partial charge in [-0.25, -0.2) is 4.79 Å². The van der Waals surface area contributed by atoms with E-state index in [1.165, 1.54) is 0 Å². The number of primary amides is 1. The van der Waals surface area contributed by atoms with Crippen molar-refractivity contribution in [1.82, 2.24) is 5.32 Å². The van der Waals surface area contributed by atoms with E-state index in [0.29, 0.717) is 10.0 Å². The fourth-order valence-electron chi connectivity index (χ4n) is 2.81. The topological polar surface area (TPSA) is 72.2 Å². The molecule has 1 aromatic rings. The van der Waals surface area contributed by atoms with Crippen LogP contribution in [0.1, 0.15) is 37.2 Å². The quantitative estimate of drug-likeness (QED) is 0.868. The summed E-state index contributed by atoms with van der Waals surface area (Å²) in [5, 5.41) is 3.37. The third kappa shape index (κ3) is 4.11. The minimum atomic E-state index is -0.640. The Kier molecular flexibility index (Phi) is 5.48. The first-order valence-electron chi connectivity index (χ1n) is 7.01. The van der Waals surface area contributed by atoms with Gasteiger partial charge in [0.15, 0.2) is 0 Å². The number of Topliss-reactive ketones (excluding diaryl/α,β-unsaturated/α-hetero) is 1. The predicted octanol–water partition coefficient (Wildman–Crippen LogP) is 3.50. The van der Waals surface area contributed by atoms with Crippen LogP contribution in [0.5, 0.6) is 0 Å². The van der Waals surface area contributed by atoms with E-state index in [9.17, 15) is 9.59 Å². The molecule has 0 aliphatic heterocycles. The summed E-state index contributed by atoms with van der Waals surface area (Å²) in [7, 11) is 0. The first kappa shape index (κ1) is 16.1. The molecule has 1 aliphatic rings. The smallest absolute Gasteiger partial charge is 0.312 e. The lowest BCUT2D eigenvalue weighted by Gasteiger charge is -2.20. The molecule has 1 unspecified atom stereocenters.